The number of carbonyl (C=O) groups is 2. The van der Waals surface area contributed by atoms with Gasteiger partial charge in [0.15, 0.2) is 0 Å². The van der Waals surface area contributed by atoms with Gasteiger partial charge in [0.2, 0.25) is 0 Å². The molecule has 0 aromatic heterocycles. The Kier molecular flexibility index (Phi) is 5.26. The minimum atomic E-state index is -0.791. The Bertz CT molecular complexity index is 1040. The molecule has 0 radical (unpaired) electrons. The molecule has 5 heteroatoms. The van der Waals surface area contributed by atoms with Crippen molar-refractivity contribution in [2.45, 2.75) is 99.0 Å². The summed E-state index contributed by atoms with van der Waals surface area (Å²) in [6.07, 6.45) is 9.63. The van der Waals surface area contributed by atoms with Gasteiger partial charge in [-0.3, -0.25) is 9.59 Å². The van der Waals surface area contributed by atoms with E-state index < -0.39 is 28.3 Å². The van der Waals surface area contributed by atoms with E-state index in [1.54, 1.807) is 0 Å². The molecule has 3 saturated carbocycles. The predicted molar refractivity (Wildman–Crippen MR) is 134 cm³/mol. The van der Waals surface area contributed by atoms with Crippen LogP contribution in [0.3, 0.4) is 0 Å². The number of hydrogen-bond donors (Lipinski definition) is 3. The van der Waals surface area contributed by atoms with Crippen molar-refractivity contribution in [3.05, 3.63) is 23.3 Å². The number of ketones is 1. The number of aliphatic hydroxyl groups is 2. The minimum Gasteiger partial charge on any atom is -0.481 e. The second-order valence-corrected chi connectivity index (χ2v) is 14.3. The number of fused-ring (bicyclic) bond motifs is 6. The maximum atomic E-state index is 14.2. The summed E-state index contributed by atoms with van der Waals surface area (Å²) in [6.45, 7) is 12.8. The third-order valence-corrected chi connectivity index (χ3v) is 12.6. The first-order valence-corrected chi connectivity index (χ1v) is 13.6. The number of carbonyl (C=O) groups excluding carboxylic acids is 1. The first-order valence-electron chi connectivity index (χ1n) is 13.6. The summed E-state index contributed by atoms with van der Waals surface area (Å²) in [5.41, 5.74) is -0.378. The molecular formula is C30H44O5. The maximum Gasteiger partial charge on any atom is 0.309 e. The van der Waals surface area contributed by atoms with E-state index in [4.69, 9.17) is 0 Å². The van der Waals surface area contributed by atoms with Crippen LogP contribution in [0.2, 0.25) is 0 Å². The Balaban J connectivity index is 1.68. The van der Waals surface area contributed by atoms with Crippen molar-refractivity contribution in [2.24, 2.45) is 44.3 Å². The normalized spacial score (nSPS) is 53.4. The Morgan fingerprint density at radius 1 is 1.00 bits per heavy atom. The van der Waals surface area contributed by atoms with Crippen molar-refractivity contribution in [3.8, 4) is 0 Å². The Labute approximate surface area is 210 Å². The molecule has 0 spiro atoms. The number of Topliss-reactive ketones (excluding diaryl/α,β-unsaturated/α-hetero) is 1. The topological polar surface area (TPSA) is 94.8 Å². The van der Waals surface area contributed by atoms with Gasteiger partial charge in [-0.2, -0.15) is 0 Å². The van der Waals surface area contributed by atoms with Crippen LogP contribution in [-0.2, 0) is 9.59 Å². The molecule has 0 heterocycles. The number of carboxylic acids is 1. The van der Waals surface area contributed by atoms with Crippen LogP contribution in [0, 0.1) is 44.3 Å². The fourth-order valence-electron chi connectivity index (χ4n) is 9.77. The lowest BCUT2D eigenvalue weighted by Gasteiger charge is -2.68. The number of allylic oxidation sites excluding steroid dienone is 4. The monoisotopic (exact) mass is 484 g/mol. The molecule has 9 atom stereocenters. The van der Waals surface area contributed by atoms with Gasteiger partial charge in [-0.1, -0.05) is 45.4 Å². The molecule has 0 bridgehead atoms. The maximum absolute atomic E-state index is 14.2. The first-order chi connectivity index (χ1) is 16.1. The van der Waals surface area contributed by atoms with Gasteiger partial charge in [0.1, 0.15) is 5.78 Å². The van der Waals surface area contributed by atoms with Crippen molar-refractivity contribution in [1.82, 2.24) is 0 Å². The third kappa shape index (κ3) is 2.89. The SMILES string of the molecule is C[C@]1(C(=O)O)CC[C@]2(C)CC(=O)[C@]3(C)C(=C2C1)C=C[C@@H]1[C@@]2(C)CC[C@H](O)[C@](C)(CO)[C@@H]2CC[C@]13C. The van der Waals surface area contributed by atoms with Crippen LogP contribution in [-0.4, -0.2) is 39.8 Å². The van der Waals surface area contributed by atoms with E-state index in [0.717, 1.165) is 31.3 Å². The summed E-state index contributed by atoms with van der Waals surface area (Å²) in [5.74, 6) is -0.105. The molecule has 5 aliphatic rings. The molecule has 35 heavy (non-hydrogen) atoms. The molecule has 5 nitrogen and oxygen atoms in total. The van der Waals surface area contributed by atoms with Gasteiger partial charge in [0.05, 0.1) is 23.5 Å². The van der Waals surface area contributed by atoms with Crippen LogP contribution in [0.15, 0.2) is 23.3 Å². The zero-order chi connectivity index (χ0) is 25.8. The summed E-state index contributed by atoms with van der Waals surface area (Å²) in [6, 6.07) is 0. The van der Waals surface area contributed by atoms with Gasteiger partial charge in [-0.25, -0.2) is 0 Å². The van der Waals surface area contributed by atoms with Gasteiger partial charge in [0, 0.05) is 11.8 Å². The molecule has 194 valence electrons. The lowest BCUT2D eigenvalue weighted by molar-refractivity contribution is -0.198. The van der Waals surface area contributed by atoms with Gasteiger partial charge < -0.3 is 15.3 Å². The summed E-state index contributed by atoms with van der Waals surface area (Å²) in [7, 11) is 0. The highest BCUT2D eigenvalue weighted by molar-refractivity contribution is 5.93. The average Bonchev–Trinajstić information content (AvgIpc) is 2.79. The zero-order valence-corrected chi connectivity index (χ0v) is 22.4. The summed E-state index contributed by atoms with van der Waals surface area (Å²) >= 11 is 0. The number of hydrogen-bond acceptors (Lipinski definition) is 4. The van der Waals surface area contributed by atoms with Crippen molar-refractivity contribution in [1.29, 1.82) is 0 Å². The van der Waals surface area contributed by atoms with E-state index >= 15 is 0 Å². The van der Waals surface area contributed by atoms with Crippen LogP contribution >= 0.6 is 0 Å². The Hall–Kier alpha value is -1.46. The Morgan fingerprint density at radius 2 is 1.69 bits per heavy atom. The first kappa shape index (κ1) is 25.2. The molecule has 0 aromatic carbocycles. The molecular weight excluding hydrogens is 440 g/mol. The Morgan fingerprint density at radius 3 is 2.31 bits per heavy atom. The van der Waals surface area contributed by atoms with Crippen LogP contribution in [0.4, 0.5) is 0 Å². The highest BCUT2D eigenvalue weighted by Gasteiger charge is 2.69. The molecule has 3 fully saturated rings. The second kappa shape index (κ2) is 7.31. The molecule has 0 unspecified atom stereocenters. The smallest absolute Gasteiger partial charge is 0.309 e. The molecule has 5 aliphatic carbocycles. The highest BCUT2D eigenvalue weighted by Crippen LogP contribution is 2.73. The van der Waals surface area contributed by atoms with Crippen LogP contribution in [0.5, 0.6) is 0 Å². The van der Waals surface area contributed by atoms with Crippen molar-refractivity contribution < 1.29 is 24.9 Å². The van der Waals surface area contributed by atoms with Gasteiger partial charge in [-0.15, -0.1) is 0 Å². The molecule has 0 amide bonds. The van der Waals surface area contributed by atoms with Crippen molar-refractivity contribution in [2.75, 3.05) is 6.61 Å². The van der Waals surface area contributed by atoms with Crippen molar-refractivity contribution >= 4 is 11.8 Å². The number of aliphatic hydroxyl groups excluding tert-OH is 2. The number of aliphatic carboxylic acids is 1. The molecule has 0 saturated heterocycles. The molecule has 3 N–H and O–H groups in total. The van der Waals surface area contributed by atoms with Gasteiger partial charge in [-0.05, 0) is 92.4 Å². The summed E-state index contributed by atoms with van der Waals surface area (Å²) < 4.78 is 0. The fourth-order valence-corrected chi connectivity index (χ4v) is 9.77. The van der Waals surface area contributed by atoms with E-state index in [9.17, 15) is 24.9 Å². The van der Waals surface area contributed by atoms with Crippen LogP contribution in [0.25, 0.3) is 0 Å². The molecule has 5 rings (SSSR count). The van der Waals surface area contributed by atoms with Gasteiger partial charge in [0.25, 0.3) is 0 Å². The number of rotatable bonds is 2. The van der Waals surface area contributed by atoms with Crippen LogP contribution in [0.1, 0.15) is 92.9 Å². The minimum absolute atomic E-state index is 0.0286. The van der Waals surface area contributed by atoms with Crippen LogP contribution < -0.4 is 0 Å². The third-order valence-electron chi connectivity index (χ3n) is 12.6. The van der Waals surface area contributed by atoms with Crippen molar-refractivity contribution in [3.63, 3.8) is 0 Å². The van der Waals surface area contributed by atoms with E-state index in [1.807, 2.05) is 13.8 Å². The lowest BCUT2D eigenvalue weighted by atomic mass is 9.35. The largest absolute Gasteiger partial charge is 0.481 e. The van der Waals surface area contributed by atoms with Gasteiger partial charge >= 0.3 is 5.97 Å². The predicted octanol–water partition coefficient (Wildman–Crippen LogP) is 5.31. The zero-order valence-electron chi connectivity index (χ0n) is 22.4. The summed E-state index contributed by atoms with van der Waals surface area (Å²) in [4.78, 5) is 26.4. The van der Waals surface area contributed by atoms with E-state index in [0.29, 0.717) is 31.5 Å². The average molecular weight is 485 g/mol. The second-order valence-electron chi connectivity index (χ2n) is 14.3. The molecule has 0 aliphatic heterocycles. The summed E-state index contributed by atoms with van der Waals surface area (Å²) in [5, 5.41) is 31.3. The number of carboxylic acid groups (broad SMARTS) is 1. The fraction of sp³-hybridized carbons (Fsp3) is 0.800. The standard InChI is InChI=1S/C30H44O5/c1-25-13-14-26(2,24(34)35)15-19(25)18-7-8-21-27(3)11-10-22(32)28(4,17-31)20(27)9-12-29(21,5)30(18,6)23(33)16-25/h7-8,20-22,31-32H,9-17H2,1-6H3,(H,34,35)/t20-,21-,22+,25-,26+,27+,28-,29-,30+/m1/s1. The quantitative estimate of drug-likeness (QED) is 0.494. The van der Waals surface area contributed by atoms with E-state index in [-0.39, 0.29) is 34.7 Å². The lowest BCUT2D eigenvalue weighted by Crippen LogP contribution is -2.65. The molecule has 0 aromatic rings. The highest BCUT2D eigenvalue weighted by atomic mass is 16.4. The van der Waals surface area contributed by atoms with E-state index in [2.05, 4.69) is 39.8 Å². The van der Waals surface area contributed by atoms with E-state index in [1.165, 1.54) is 5.57 Å².